The molecule has 1 aromatic rings. The highest BCUT2D eigenvalue weighted by molar-refractivity contribution is 5.14. The van der Waals surface area contributed by atoms with E-state index in [1.54, 1.807) is 0 Å². The Morgan fingerprint density at radius 2 is 2.11 bits per heavy atom. The molecule has 2 rings (SSSR count). The summed E-state index contributed by atoms with van der Waals surface area (Å²) in [4.78, 5) is 2.45. The number of morpholine rings is 1. The number of nitrogens with zero attached hydrogens (tertiary/aromatic N) is 1. The Morgan fingerprint density at radius 1 is 1.42 bits per heavy atom. The Balaban J connectivity index is 2.02. The molecule has 0 aliphatic carbocycles. The Morgan fingerprint density at radius 3 is 2.74 bits per heavy atom. The molecule has 0 bridgehead atoms. The lowest BCUT2D eigenvalue weighted by Crippen LogP contribution is -2.54. The minimum Gasteiger partial charge on any atom is -0.393 e. The Bertz CT molecular complexity index is 393. The smallest absolute Gasteiger partial charge is 0.0806 e. The zero-order valence-electron chi connectivity index (χ0n) is 12.2. The number of ether oxygens (including phenoxy) is 1. The molecule has 3 unspecified atom stereocenters. The molecule has 0 aromatic heterocycles. The van der Waals surface area contributed by atoms with Crippen molar-refractivity contribution in [3.63, 3.8) is 0 Å². The maximum absolute atomic E-state index is 9.61. The number of hydrogen-bond donors (Lipinski definition) is 1. The van der Waals surface area contributed by atoms with Gasteiger partial charge in [-0.05, 0) is 26.3 Å². The number of rotatable bonds is 4. The van der Waals surface area contributed by atoms with E-state index in [1.165, 1.54) is 5.56 Å². The second kappa shape index (κ2) is 6.04. The van der Waals surface area contributed by atoms with E-state index >= 15 is 0 Å². The molecule has 0 radical (unpaired) electrons. The lowest BCUT2D eigenvalue weighted by atomic mass is 9.95. The number of aliphatic hydroxyl groups excluding tert-OH is 1. The normalized spacial score (nSPS) is 30.2. The Kier molecular flexibility index (Phi) is 4.61. The van der Waals surface area contributed by atoms with Gasteiger partial charge in [-0.3, -0.25) is 4.90 Å². The zero-order valence-corrected chi connectivity index (χ0v) is 12.2. The first-order chi connectivity index (χ1) is 8.98. The first-order valence-electron chi connectivity index (χ1n) is 7.08. The highest BCUT2D eigenvalue weighted by Crippen LogP contribution is 2.27. The van der Waals surface area contributed by atoms with Crippen LogP contribution in [0.3, 0.4) is 0 Å². The van der Waals surface area contributed by atoms with Gasteiger partial charge >= 0.3 is 0 Å². The van der Waals surface area contributed by atoms with Gasteiger partial charge in [-0.25, -0.2) is 0 Å². The fourth-order valence-corrected chi connectivity index (χ4v) is 2.84. The predicted molar refractivity (Wildman–Crippen MR) is 77.0 cm³/mol. The van der Waals surface area contributed by atoms with Crippen molar-refractivity contribution < 1.29 is 9.84 Å². The summed E-state index contributed by atoms with van der Waals surface area (Å²) in [6.07, 6.45) is 0.363. The minimum absolute atomic E-state index is 0.241. The fourth-order valence-electron chi connectivity index (χ4n) is 2.84. The van der Waals surface area contributed by atoms with Crippen molar-refractivity contribution in [1.29, 1.82) is 0 Å². The van der Waals surface area contributed by atoms with Crippen LogP contribution in [0.5, 0.6) is 0 Å². The largest absolute Gasteiger partial charge is 0.393 e. The number of benzene rings is 1. The number of aliphatic hydroxyl groups is 1. The molecule has 1 N–H and O–H groups in total. The highest BCUT2D eigenvalue weighted by Gasteiger charge is 2.36. The molecule has 1 fully saturated rings. The standard InChI is InChI=1S/C16H25NO2/c1-13-11-19-16(3,9-14(2)18)12-17(13)10-15-7-5-4-6-8-15/h4-8,13-14,18H,9-12H2,1-3H3. The van der Waals surface area contributed by atoms with E-state index < -0.39 is 0 Å². The lowest BCUT2D eigenvalue weighted by Gasteiger charge is -2.44. The number of hydrogen-bond acceptors (Lipinski definition) is 3. The summed E-state index contributed by atoms with van der Waals surface area (Å²) < 4.78 is 5.95. The molecular weight excluding hydrogens is 238 g/mol. The van der Waals surface area contributed by atoms with Crippen LogP contribution in [0.2, 0.25) is 0 Å². The summed E-state index contributed by atoms with van der Waals surface area (Å²) in [6.45, 7) is 8.67. The molecule has 3 nitrogen and oxygen atoms in total. The van der Waals surface area contributed by atoms with E-state index in [2.05, 4.69) is 43.0 Å². The molecule has 0 spiro atoms. The average molecular weight is 263 g/mol. The second-order valence-corrected chi connectivity index (χ2v) is 6.05. The van der Waals surface area contributed by atoms with Gasteiger partial charge in [-0.15, -0.1) is 0 Å². The molecular formula is C16H25NO2. The molecule has 1 aliphatic heterocycles. The van der Waals surface area contributed by atoms with Crippen LogP contribution < -0.4 is 0 Å². The molecule has 106 valence electrons. The molecule has 1 heterocycles. The van der Waals surface area contributed by atoms with E-state index in [-0.39, 0.29) is 11.7 Å². The van der Waals surface area contributed by atoms with Gasteiger partial charge in [-0.2, -0.15) is 0 Å². The quantitative estimate of drug-likeness (QED) is 0.905. The molecule has 0 saturated carbocycles. The van der Waals surface area contributed by atoms with Gasteiger partial charge in [-0.1, -0.05) is 30.3 Å². The second-order valence-electron chi connectivity index (χ2n) is 6.05. The molecule has 3 atom stereocenters. The first kappa shape index (κ1) is 14.5. The summed E-state index contributed by atoms with van der Waals surface area (Å²) in [6, 6.07) is 10.9. The highest BCUT2D eigenvalue weighted by atomic mass is 16.5. The zero-order chi connectivity index (χ0) is 13.9. The summed E-state index contributed by atoms with van der Waals surface area (Å²) in [5.74, 6) is 0. The molecule has 19 heavy (non-hydrogen) atoms. The van der Waals surface area contributed by atoms with Crippen molar-refractivity contribution in [2.45, 2.75) is 51.5 Å². The van der Waals surface area contributed by atoms with Crippen LogP contribution in [-0.4, -0.2) is 40.9 Å². The van der Waals surface area contributed by atoms with Gasteiger partial charge < -0.3 is 9.84 Å². The van der Waals surface area contributed by atoms with E-state index in [4.69, 9.17) is 4.74 Å². The van der Waals surface area contributed by atoms with Gasteiger partial charge in [0.25, 0.3) is 0 Å². The molecule has 1 aliphatic rings. The first-order valence-corrected chi connectivity index (χ1v) is 7.08. The Labute approximate surface area is 116 Å². The van der Waals surface area contributed by atoms with Crippen molar-refractivity contribution in [2.24, 2.45) is 0 Å². The SMILES string of the molecule is CC(O)CC1(C)CN(Cc2ccccc2)C(C)CO1. The fraction of sp³-hybridized carbons (Fsp3) is 0.625. The minimum atomic E-state index is -0.322. The van der Waals surface area contributed by atoms with Crippen molar-refractivity contribution >= 4 is 0 Å². The monoisotopic (exact) mass is 263 g/mol. The van der Waals surface area contributed by atoms with E-state index in [1.807, 2.05) is 13.0 Å². The average Bonchev–Trinajstić information content (AvgIpc) is 2.34. The maximum Gasteiger partial charge on any atom is 0.0806 e. The van der Waals surface area contributed by atoms with Gasteiger partial charge in [0.1, 0.15) is 0 Å². The topological polar surface area (TPSA) is 32.7 Å². The summed E-state index contributed by atoms with van der Waals surface area (Å²) >= 11 is 0. The van der Waals surface area contributed by atoms with Gasteiger partial charge in [0, 0.05) is 25.6 Å². The predicted octanol–water partition coefficient (Wildman–Crippen LogP) is 2.44. The Hall–Kier alpha value is -0.900. The van der Waals surface area contributed by atoms with Crippen LogP contribution in [0.25, 0.3) is 0 Å². The summed E-state index contributed by atoms with van der Waals surface area (Å²) in [7, 11) is 0. The summed E-state index contributed by atoms with van der Waals surface area (Å²) in [5.41, 5.74) is 1.09. The van der Waals surface area contributed by atoms with Crippen LogP contribution >= 0.6 is 0 Å². The van der Waals surface area contributed by atoms with Crippen molar-refractivity contribution in [3.8, 4) is 0 Å². The van der Waals surface area contributed by atoms with Crippen LogP contribution in [0, 0.1) is 0 Å². The van der Waals surface area contributed by atoms with Crippen LogP contribution in [0.1, 0.15) is 32.8 Å². The van der Waals surface area contributed by atoms with Gasteiger partial charge in [0.15, 0.2) is 0 Å². The third-order valence-corrected chi connectivity index (χ3v) is 3.79. The van der Waals surface area contributed by atoms with Crippen molar-refractivity contribution in [3.05, 3.63) is 35.9 Å². The molecule has 0 amide bonds. The van der Waals surface area contributed by atoms with Crippen molar-refractivity contribution in [2.75, 3.05) is 13.2 Å². The van der Waals surface area contributed by atoms with Gasteiger partial charge in [0.05, 0.1) is 18.3 Å². The molecule has 1 saturated heterocycles. The molecule has 1 aromatic carbocycles. The maximum atomic E-state index is 9.61. The lowest BCUT2D eigenvalue weighted by molar-refractivity contribution is -0.137. The van der Waals surface area contributed by atoms with E-state index in [0.29, 0.717) is 12.5 Å². The van der Waals surface area contributed by atoms with E-state index in [0.717, 1.165) is 19.7 Å². The van der Waals surface area contributed by atoms with Crippen LogP contribution in [-0.2, 0) is 11.3 Å². The molecule has 3 heteroatoms. The van der Waals surface area contributed by atoms with Gasteiger partial charge in [0.2, 0.25) is 0 Å². The third kappa shape index (κ3) is 4.03. The van der Waals surface area contributed by atoms with Crippen LogP contribution in [0.4, 0.5) is 0 Å². The summed E-state index contributed by atoms with van der Waals surface area (Å²) in [5, 5.41) is 9.61. The van der Waals surface area contributed by atoms with E-state index in [9.17, 15) is 5.11 Å². The van der Waals surface area contributed by atoms with Crippen LogP contribution in [0.15, 0.2) is 30.3 Å². The van der Waals surface area contributed by atoms with Crippen molar-refractivity contribution in [1.82, 2.24) is 4.90 Å². The third-order valence-electron chi connectivity index (χ3n) is 3.79.